The quantitative estimate of drug-likeness (QED) is 0.845. The molecule has 21 heavy (non-hydrogen) atoms. The maximum Gasteiger partial charge on any atom is 0.415 e. The number of aliphatic hydroxyl groups excluding tert-OH is 1. The molecule has 0 spiro atoms. The second kappa shape index (κ2) is 6.39. The molecule has 124 valence electrons. The van der Waals surface area contributed by atoms with Crippen molar-refractivity contribution in [1.82, 2.24) is 9.80 Å². The zero-order valence-corrected chi connectivity index (χ0v) is 12.8. The molecule has 0 radical (unpaired) electrons. The smallest absolute Gasteiger partial charge is 0.415 e. The standard InChI is InChI=1S/C13H23F3N2O3/c1-9-7-18(11(20)21-12(2,3)4)6-5-17(9)8-10(19)13(14,15)16/h9-10,19H,5-8H2,1-4H3/t9-,10?/m1/s1. The Balaban J connectivity index is 2.53. The normalized spacial score (nSPS) is 23.0. The van der Waals surface area contributed by atoms with E-state index in [0.29, 0.717) is 0 Å². The van der Waals surface area contributed by atoms with Gasteiger partial charge in [-0.25, -0.2) is 4.79 Å². The first kappa shape index (κ1) is 18.0. The van der Waals surface area contributed by atoms with E-state index in [4.69, 9.17) is 9.84 Å². The average molecular weight is 312 g/mol. The second-order valence-corrected chi connectivity index (χ2v) is 6.33. The topological polar surface area (TPSA) is 53.0 Å². The summed E-state index contributed by atoms with van der Waals surface area (Å²) in [6.07, 6.45) is -7.46. The molecule has 1 N–H and O–H groups in total. The van der Waals surface area contributed by atoms with Crippen LogP contribution in [0.1, 0.15) is 27.7 Å². The van der Waals surface area contributed by atoms with E-state index in [1.165, 1.54) is 9.80 Å². The predicted molar refractivity (Wildman–Crippen MR) is 70.9 cm³/mol. The lowest BCUT2D eigenvalue weighted by atomic mass is 10.1. The highest BCUT2D eigenvalue weighted by atomic mass is 19.4. The number of ether oxygens (including phenoxy) is 1. The minimum atomic E-state index is -4.62. The minimum absolute atomic E-state index is 0.271. The van der Waals surface area contributed by atoms with E-state index in [9.17, 15) is 18.0 Å². The predicted octanol–water partition coefficient (Wildman–Crippen LogP) is 1.85. The highest BCUT2D eigenvalue weighted by Crippen LogP contribution is 2.22. The van der Waals surface area contributed by atoms with Crippen molar-refractivity contribution in [3.05, 3.63) is 0 Å². The van der Waals surface area contributed by atoms with Crippen molar-refractivity contribution in [2.75, 3.05) is 26.2 Å². The molecule has 0 saturated carbocycles. The van der Waals surface area contributed by atoms with Crippen LogP contribution >= 0.6 is 0 Å². The van der Waals surface area contributed by atoms with Gasteiger partial charge in [0.25, 0.3) is 0 Å². The molecule has 5 nitrogen and oxygen atoms in total. The number of nitrogens with zero attached hydrogens (tertiary/aromatic N) is 2. The number of piperazine rings is 1. The lowest BCUT2D eigenvalue weighted by molar-refractivity contribution is -0.210. The van der Waals surface area contributed by atoms with Crippen LogP contribution in [-0.2, 0) is 4.74 Å². The highest BCUT2D eigenvalue weighted by molar-refractivity contribution is 5.68. The van der Waals surface area contributed by atoms with Gasteiger partial charge in [-0.05, 0) is 27.7 Å². The Morgan fingerprint density at radius 1 is 1.33 bits per heavy atom. The van der Waals surface area contributed by atoms with Crippen molar-refractivity contribution in [2.24, 2.45) is 0 Å². The molecule has 0 aromatic rings. The molecule has 1 rings (SSSR count). The molecule has 1 unspecified atom stereocenters. The summed E-state index contributed by atoms with van der Waals surface area (Å²) < 4.78 is 42.3. The summed E-state index contributed by atoms with van der Waals surface area (Å²) in [6, 6.07) is -0.275. The van der Waals surface area contributed by atoms with Crippen LogP contribution in [0.5, 0.6) is 0 Å². The van der Waals surface area contributed by atoms with E-state index in [2.05, 4.69) is 0 Å². The Hall–Kier alpha value is -1.02. The van der Waals surface area contributed by atoms with E-state index in [-0.39, 0.29) is 25.7 Å². The van der Waals surface area contributed by atoms with Crippen LogP contribution in [0.25, 0.3) is 0 Å². The molecule has 0 bridgehead atoms. The molecule has 1 amide bonds. The highest BCUT2D eigenvalue weighted by Gasteiger charge is 2.41. The fraction of sp³-hybridized carbons (Fsp3) is 0.923. The number of alkyl halides is 3. The summed E-state index contributed by atoms with van der Waals surface area (Å²) in [5.74, 6) is 0. The molecule has 1 aliphatic heterocycles. The number of aliphatic hydroxyl groups is 1. The molecule has 1 aliphatic rings. The SMILES string of the molecule is C[C@@H]1CN(C(=O)OC(C)(C)C)CCN1CC(O)C(F)(F)F. The number of carbonyl (C=O) groups is 1. The van der Waals surface area contributed by atoms with Crippen LogP contribution < -0.4 is 0 Å². The van der Waals surface area contributed by atoms with Gasteiger partial charge in [-0.15, -0.1) is 0 Å². The molecule has 2 atom stereocenters. The number of carbonyl (C=O) groups excluding carboxylic acids is 1. The first-order chi connectivity index (χ1) is 9.40. The van der Waals surface area contributed by atoms with Gasteiger partial charge in [0, 0.05) is 32.2 Å². The average Bonchev–Trinajstić information content (AvgIpc) is 2.28. The van der Waals surface area contributed by atoms with Gasteiger partial charge >= 0.3 is 12.3 Å². The van der Waals surface area contributed by atoms with Gasteiger partial charge in [0.15, 0.2) is 6.10 Å². The molecule has 1 heterocycles. The molecule has 0 aliphatic carbocycles. The Morgan fingerprint density at radius 3 is 2.33 bits per heavy atom. The van der Waals surface area contributed by atoms with Gasteiger partial charge in [0.05, 0.1) is 0 Å². The zero-order valence-electron chi connectivity index (χ0n) is 12.8. The maximum absolute atomic E-state index is 12.4. The number of β-amino-alcohol motifs (C(OH)–C–C–N with tert-alkyl or cyclic N) is 1. The lowest BCUT2D eigenvalue weighted by Gasteiger charge is -2.40. The largest absolute Gasteiger partial charge is 0.444 e. The summed E-state index contributed by atoms with van der Waals surface area (Å²) >= 11 is 0. The van der Waals surface area contributed by atoms with Gasteiger partial charge in [0.2, 0.25) is 0 Å². The van der Waals surface area contributed by atoms with Crippen LogP contribution in [0, 0.1) is 0 Å². The molecule has 1 saturated heterocycles. The number of amides is 1. The van der Waals surface area contributed by atoms with Crippen molar-refractivity contribution >= 4 is 6.09 Å². The fourth-order valence-corrected chi connectivity index (χ4v) is 2.08. The summed E-state index contributed by atoms with van der Waals surface area (Å²) in [7, 11) is 0. The number of hydrogen-bond acceptors (Lipinski definition) is 4. The van der Waals surface area contributed by atoms with Crippen LogP contribution in [-0.4, -0.2) is 71.1 Å². The van der Waals surface area contributed by atoms with Gasteiger partial charge < -0.3 is 14.7 Å². The summed E-state index contributed by atoms with van der Waals surface area (Å²) in [5, 5.41) is 9.11. The van der Waals surface area contributed by atoms with Gasteiger partial charge in [-0.3, -0.25) is 4.90 Å². The number of hydrogen-bond donors (Lipinski definition) is 1. The third-order valence-corrected chi connectivity index (χ3v) is 3.20. The Bertz CT molecular complexity index is 369. The first-order valence-electron chi connectivity index (χ1n) is 6.87. The molecule has 8 heteroatoms. The fourth-order valence-electron chi connectivity index (χ4n) is 2.08. The third kappa shape index (κ3) is 5.70. The summed E-state index contributed by atoms with van der Waals surface area (Å²) in [6.45, 7) is 7.34. The first-order valence-corrected chi connectivity index (χ1v) is 6.87. The van der Waals surface area contributed by atoms with E-state index >= 15 is 0 Å². The Kier molecular flexibility index (Phi) is 5.49. The monoisotopic (exact) mass is 312 g/mol. The maximum atomic E-state index is 12.4. The second-order valence-electron chi connectivity index (χ2n) is 6.33. The van der Waals surface area contributed by atoms with E-state index in [0.717, 1.165) is 0 Å². The minimum Gasteiger partial charge on any atom is -0.444 e. The van der Waals surface area contributed by atoms with Crippen molar-refractivity contribution in [1.29, 1.82) is 0 Å². The Morgan fingerprint density at radius 2 is 1.90 bits per heavy atom. The number of rotatable bonds is 2. The van der Waals surface area contributed by atoms with Crippen LogP contribution in [0.3, 0.4) is 0 Å². The lowest BCUT2D eigenvalue weighted by Crippen LogP contribution is -2.57. The van der Waals surface area contributed by atoms with Gasteiger partial charge in [-0.1, -0.05) is 0 Å². The third-order valence-electron chi connectivity index (χ3n) is 3.20. The molecular weight excluding hydrogens is 289 g/mol. The Labute approximate surface area is 122 Å². The summed E-state index contributed by atoms with van der Waals surface area (Å²) in [5.41, 5.74) is -0.607. The zero-order chi connectivity index (χ0) is 16.4. The van der Waals surface area contributed by atoms with Crippen molar-refractivity contribution in [3.8, 4) is 0 Å². The van der Waals surface area contributed by atoms with Gasteiger partial charge in [-0.2, -0.15) is 13.2 Å². The molecule has 0 aromatic heterocycles. The van der Waals surface area contributed by atoms with Crippen molar-refractivity contribution < 1.29 is 27.8 Å². The molecular formula is C13H23F3N2O3. The summed E-state index contributed by atoms with van der Waals surface area (Å²) in [4.78, 5) is 14.9. The van der Waals surface area contributed by atoms with E-state index in [1.54, 1.807) is 27.7 Å². The molecule has 1 fully saturated rings. The number of halogens is 3. The molecule has 0 aromatic carbocycles. The van der Waals surface area contributed by atoms with Crippen LogP contribution in [0.2, 0.25) is 0 Å². The van der Waals surface area contributed by atoms with Crippen LogP contribution in [0.4, 0.5) is 18.0 Å². The van der Waals surface area contributed by atoms with E-state index < -0.39 is 30.5 Å². The van der Waals surface area contributed by atoms with Crippen molar-refractivity contribution in [3.63, 3.8) is 0 Å². The van der Waals surface area contributed by atoms with Crippen molar-refractivity contribution in [2.45, 2.75) is 51.6 Å². The van der Waals surface area contributed by atoms with Crippen LogP contribution in [0.15, 0.2) is 0 Å². The van der Waals surface area contributed by atoms with Gasteiger partial charge in [0.1, 0.15) is 5.60 Å². The van der Waals surface area contributed by atoms with E-state index in [1.807, 2.05) is 0 Å².